The van der Waals surface area contributed by atoms with Crippen LogP contribution >= 0.6 is 0 Å². The summed E-state index contributed by atoms with van der Waals surface area (Å²) in [4.78, 5) is 13.8. The molecule has 0 bridgehead atoms. The molecule has 0 saturated carbocycles. The predicted octanol–water partition coefficient (Wildman–Crippen LogP) is 0.260. The molecule has 12 heavy (non-hydrogen) atoms. The van der Waals surface area contributed by atoms with Gasteiger partial charge in [-0.15, -0.1) is 0 Å². The number of ether oxygens (including phenoxy) is 1. The maximum atomic E-state index is 11.1. The summed E-state index contributed by atoms with van der Waals surface area (Å²) in [5, 5.41) is 0. The topological polar surface area (TPSA) is 66.5 Å². The van der Waals surface area contributed by atoms with Crippen LogP contribution in [-0.4, -0.2) is 12.6 Å². The van der Waals surface area contributed by atoms with Gasteiger partial charge in [-0.1, -0.05) is 0 Å². The van der Waals surface area contributed by atoms with Crippen molar-refractivity contribution in [3.63, 3.8) is 0 Å². The van der Waals surface area contributed by atoms with Gasteiger partial charge in [-0.05, 0) is 13.0 Å². The molecular formula is C8H11N2O2+. The lowest BCUT2D eigenvalue weighted by Gasteiger charge is -1.98. The van der Waals surface area contributed by atoms with E-state index in [1.807, 2.05) is 0 Å². The molecule has 0 aromatic carbocycles. The van der Waals surface area contributed by atoms with E-state index in [1.54, 1.807) is 19.1 Å². The molecule has 0 spiro atoms. The fourth-order valence-electron chi connectivity index (χ4n) is 0.778. The number of nitrogens with two attached hydrogens (primary N) is 1. The molecular weight excluding hydrogens is 156 g/mol. The zero-order chi connectivity index (χ0) is 8.97. The first kappa shape index (κ1) is 8.52. The van der Waals surface area contributed by atoms with Gasteiger partial charge >= 0.3 is 5.97 Å². The number of aromatic nitrogens is 1. The summed E-state index contributed by atoms with van der Waals surface area (Å²) in [6.45, 7) is 2.14. The van der Waals surface area contributed by atoms with Gasteiger partial charge < -0.3 is 4.74 Å². The third-order valence-electron chi connectivity index (χ3n) is 1.35. The fraction of sp³-hybridized carbons (Fsp3) is 0.250. The molecule has 4 nitrogen and oxygen atoms in total. The summed E-state index contributed by atoms with van der Waals surface area (Å²) >= 11 is 0. The number of carbonyl (C=O) groups excluding carboxylic acids is 1. The molecule has 0 unspecified atom stereocenters. The first-order valence-corrected chi connectivity index (χ1v) is 3.68. The van der Waals surface area contributed by atoms with E-state index in [1.165, 1.54) is 6.20 Å². The van der Waals surface area contributed by atoms with E-state index in [0.29, 0.717) is 18.0 Å². The van der Waals surface area contributed by atoms with Crippen LogP contribution in [0.2, 0.25) is 0 Å². The Morgan fingerprint density at radius 3 is 2.92 bits per heavy atom. The van der Waals surface area contributed by atoms with E-state index >= 15 is 0 Å². The third-order valence-corrected chi connectivity index (χ3v) is 1.35. The summed E-state index contributed by atoms with van der Waals surface area (Å²) < 4.78 is 4.77. The molecule has 0 aliphatic rings. The van der Waals surface area contributed by atoms with Crippen LogP contribution in [0.15, 0.2) is 18.3 Å². The van der Waals surface area contributed by atoms with Crippen molar-refractivity contribution in [2.24, 2.45) is 0 Å². The van der Waals surface area contributed by atoms with Crippen molar-refractivity contribution in [1.82, 2.24) is 0 Å². The van der Waals surface area contributed by atoms with Crippen molar-refractivity contribution in [2.75, 3.05) is 12.3 Å². The second-order valence-corrected chi connectivity index (χ2v) is 2.25. The SMILES string of the molecule is CCOC(=O)c1ccc(N)[nH+]c1. The highest BCUT2D eigenvalue weighted by molar-refractivity contribution is 5.88. The highest BCUT2D eigenvalue weighted by atomic mass is 16.5. The van der Waals surface area contributed by atoms with Crippen LogP contribution in [0.3, 0.4) is 0 Å². The van der Waals surface area contributed by atoms with Gasteiger partial charge in [0.25, 0.3) is 5.82 Å². The Balaban J connectivity index is 2.75. The molecule has 0 aliphatic heterocycles. The Labute approximate surface area is 70.4 Å². The number of hydrogen-bond acceptors (Lipinski definition) is 3. The van der Waals surface area contributed by atoms with Gasteiger partial charge in [-0.2, -0.15) is 0 Å². The Morgan fingerprint density at radius 1 is 1.67 bits per heavy atom. The van der Waals surface area contributed by atoms with Crippen LogP contribution < -0.4 is 10.7 Å². The van der Waals surface area contributed by atoms with Gasteiger partial charge in [-0.3, -0.25) is 5.73 Å². The summed E-state index contributed by atoms with van der Waals surface area (Å²) in [7, 11) is 0. The monoisotopic (exact) mass is 167 g/mol. The number of nitrogens with one attached hydrogen (secondary N) is 1. The van der Waals surface area contributed by atoms with Crippen molar-refractivity contribution in [2.45, 2.75) is 6.92 Å². The minimum atomic E-state index is -0.339. The highest BCUT2D eigenvalue weighted by Gasteiger charge is 2.06. The average molecular weight is 167 g/mol. The number of H-pyrrole nitrogens is 1. The highest BCUT2D eigenvalue weighted by Crippen LogP contribution is 1.99. The van der Waals surface area contributed by atoms with Gasteiger partial charge in [0.15, 0.2) is 0 Å². The minimum absolute atomic E-state index is 0.339. The molecule has 3 N–H and O–H groups in total. The number of anilines is 1. The Morgan fingerprint density at radius 2 is 2.42 bits per heavy atom. The standard InChI is InChI=1S/C8H10N2O2/c1-2-12-8(11)6-3-4-7(9)10-5-6/h3-5H,2H2,1H3,(H2,9,10)/p+1. The molecule has 0 radical (unpaired) electrons. The first-order chi connectivity index (χ1) is 5.74. The van der Waals surface area contributed by atoms with Crippen molar-refractivity contribution in [1.29, 1.82) is 0 Å². The van der Waals surface area contributed by atoms with E-state index in [4.69, 9.17) is 10.5 Å². The number of esters is 1. The number of rotatable bonds is 2. The van der Waals surface area contributed by atoms with E-state index in [9.17, 15) is 4.79 Å². The van der Waals surface area contributed by atoms with E-state index < -0.39 is 0 Å². The predicted molar refractivity (Wildman–Crippen MR) is 43.4 cm³/mol. The van der Waals surface area contributed by atoms with E-state index in [-0.39, 0.29) is 5.97 Å². The molecule has 1 aromatic rings. The first-order valence-electron chi connectivity index (χ1n) is 3.68. The zero-order valence-corrected chi connectivity index (χ0v) is 6.83. The summed E-state index contributed by atoms with van der Waals surface area (Å²) in [6, 6.07) is 3.23. The molecule has 0 fully saturated rings. The summed E-state index contributed by atoms with van der Waals surface area (Å²) in [6.07, 6.45) is 1.52. The number of nitrogen functional groups attached to an aromatic ring is 1. The summed E-state index contributed by atoms with van der Waals surface area (Å²) in [5.41, 5.74) is 5.87. The zero-order valence-electron chi connectivity index (χ0n) is 6.83. The Hall–Kier alpha value is -1.58. The minimum Gasteiger partial charge on any atom is -0.462 e. The molecule has 0 amide bonds. The largest absolute Gasteiger partial charge is 0.462 e. The lowest BCUT2D eigenvalue weighted by Crippen LogP contribution is -2.13. The van der Waals surface area contributed by atoms with Crippen LogP contribution in [0.1, 0.15) is 17.3 Å². The third kappa shape index (κ3) is 1.95. The molecule has 1 heterocycles. The molecule has 0 atom stereocenters. The number of carbonyl (C=O) groups is 1. The molecule has 4 heteroatoms. The van der Waals surface area contributed by atoms with Gasteiger partial charge in [0.1, 0.15) is 6.20 Å². The molecule has 1 rings (SSSR count). The van der Waals surface area contributed by atoms with Crippen molar-refractivity contribution in [3.05, 3.63) is 23.9 Å². The molecule has 0 aliphatic carbocycles. The molecule has 0 saturated heterocycles. The van der Waals surface area contributed by atoms with Gasteiger partial charge in [-0.25, -0.2) is 9.78 Å². The number of hydrogen-bond donors (Lipinski definition) is 1. The Kier molecular flexibility index (Phi) is 2.63. The van der Waals surface area contributed by atoms with Gasteiger partial charge in [0, 0.05) is 6.07 Å². The van der Waals surface area contributed by atoms with Gasteiger partial charge in [0.05, 0.1) is 12.2 Å². The second-order valence-electron chi connectivity index (χ2n) is 2.25. The molecule has 64 valence electrons. The summed E-state index contributed by atoms with van der Waals surface area (Å²) in [5.74, 6) is 0.178. The number of aromatic amines is 1. The van der Waals surface area contributed by atoms with Crippen LogP contribution in [-0.2, 0) is 4.74 Å². The van der Waals surface area contributed by atoms with Crippen molar-refractivity contribution < 1.29 is 14.5 Å². The van der Waals surface area contributed by atoms with Crippen LogP contribution in [0.25, 0.3) is 0 Å². The second kappa shape index (κ2) is 3.71. The molecule has 1 aromatic heterocycles. The van der Waals surface area contributed by atoms with Gasteiger partial charge in [0.2, 0.25) is 0 Å². The lowest BCUT2D eigenvalue weighted by molar-refractivity contribution is -0.360. The number of pyridine rings is 1. The maximum Gasteiger partial charge on any atom is 0.341 e. The normalized spacial score (nSPS) is 9.42. The lowest BCUT2D eigenvalue weighted by atomic mass is 10.3. The fourth-order valence-corrected chi connectivity index (χ4v) is 0.778. The van der Waals surface area contributed by atoms with Crippen LogP contribution in [0.4, 0.5) is 5.82 Å². The van der Waals surface area contributed by atoms with E-state index in [2.05, 4.69) is 4.98 Å². The van der Waals surface area contributed by atoms with Crippen molar-refractivity contribution >= 4 is 11.8 Å². The average Bonchev–Trinajstić information content (AvgIpc) is 2.06. The van der Waals surface area contributed by atoms with E-state index in [0.717, 1.165) is 0 Å². The maximum absolute atomic E-state index is 11.1. The smallest absolute Gasteiger partial charge is 0.341 e. The Bertz CT molecular complexity index is 269. The van der Waals surface area contributed by atoms with Crippen LogP contribution in [0, 0.1) is 0 Å². The quantitative estimate of drug-likeness (QED) is 0.642. The van der Waals surface area contributed by atoms with Crippen molar-refractivity contribution in [3.8, 4) is 0 Å². The van der Waals surface area contributed by atoms with Crippen LogP contribution in [0.5, 0.6) is 0 Å².